The zero-order valence-corrected chi connectivity index (χ0v) is 9.82. The van der Waals surface area contributed by atoms with Gasteiger partial charge in [0.15, 0.2) is 0 Å². The molecule has 2 aromatic rings. The van der Waals surface area contributed by atoms with E-state index in [1.54, 1.807) is 4.90 Å². The van der Waals surface area contributed by atoms with Gasteiger partial charge in [0.05, 0.1) is 0 Å². The number of benzene rings is 1. The molecule has 84 valence electrons. The summed E-state index contributed by atoms with van der Waals surface area (Å²) in [5.74, 6) is 0.0616. The second kappa shape index (κ2) is 4.00. The summed E-state index contributed by atoms with van der Waals surface area (Å²) < 4.78 is 0. The number of hydrogen-bond donors (Lipinski definition) is 1. The van der Waals surface area contributed by atoms with Crippen molar-refractivity contribution in [2.75, 3.05) is 7.05 Å². The molecule has 0 radical (unpaired) electrons. The summed E-state index contributed by atoms with van der Waals surface area (Å²) in [4.78, 5) is 16.9. The zero-order valence-electron chi connectivity index (χ0n) is 9.82. The number of aromatic nitrogens is 1. The van der Waals surface area contributed by atoms with E-state index in [1.165, 1.54) is 0 Å². The van der Waals surface area contributed by atoms with Crippen LogP contribution in [-0.2, 0) is 0 Å². The average Bonchev–Trinajstić information content (AvgIpc) is 2.73. The summed E-state index contributed by atoms with van der Waals surface area (Å²) >= 11 is 0. The van der Waals surface area contributed by atoms with Gasteiger partial charge in [0.25, 0.3) is 5.91 Å². The predicted octanol–water partition coefficient (Wildman–Crippen LogP) is 2.65. The van der Waals surface area contributed by atoms with Crippen LogP contribution in [0.4, 0.5) is 0 Å². The van der Waals surface area contributed by atoms with E-state index in [0.29, 0.717) is 0 Å². The summed E-state index contributed by atoms with van der Waals surface area (Å²) in [5.41, 5.74) is 1.73. The number of H-pyrrole nitrogens is 1. The van der Waals surface area contributed by atoms with Crippen molar-refractivity contribution in [3.05, 3.63) is 36.0 Å². The summed E-state index contributed by atoms with van der Waals surface area (Å²) in [5, 5.41) is 1.13. The lowest BCUT2D eigenvalue weighted by molar-refractivity contribution is 0.0755. The van der Waals surface area contributed by atoms with Gasteiger partial charge in [-0.1, -0.05) is 6.07 Å². The maximum absolute atomic E-state index is 12.1. The maximum atomic E-state index is 12.1. The molecular weight excluding hydrogens is 200 g/mol. The highest BCUT2D eigenvalue weighted by molar-refractivity contribution is 5.97. The number of fused-ring (bicyclic) bond motifs is 1. The fourth-order valence-electron chi connectivity index (χ4n) is 1.62. The van der Waals surface area contributed by atoms with E-state index in [0.717, 1.165) is 16.5 Å². The standard InChI is InChI=1S/C13H16N2O/c1-9(2)15(3)13(16)11-5-4-10-6-7-14-12(10)8-11/h4-9,14H,1-3H3. The monoisotopic (exact) mass is 216 g/mol. The van der Waals surface area contributed by atoms with E-state index < -0.39 is 0 Å². The smallest absolute Gasteiger partial charge is 0.253 e. The van der Waals surface area contributed by atoms with Crippen LogP contribution >= 0.6 is 0 Å². The van der Waals surface area contributed by atoms with Gasteiger partial charge in [-0.25, -0.2) is 0 Å². The molecule has 0 aliphatic heterocycles. The molecule has 0 unspecified atom stereocenters. The van der Waals surface area contributed by atoms with Crippen molar-refractivity contribution in [1.82, 2.24) is 9.88 Å². The number of carbonyl (C=O) groups is 1. The lowest BCUT2D eigenvalue weighted by Crippen LogP contribution is -2.32. The van der Waals surface area contributed by atoms with Crippen LogP contribution in [0.15, 0.2) is 30.5 Å². The van der Waals surface area contributed by atoms with Crippen LogP contribution in [-0.4, -0.2) is 28.9 Å². The molecule has 0 saturated heterocycles. The molecule has 1 heterocycles. The number of amides is 1. The highest BCUT2D eigenvalue weighted by Gasteiger charge is 2.14. The van der Waals surface area contributed by atoms with E-state index in [4.69, 9.17) is 0 Å². The van der Waals surface area contributed by atoms with Gasteiger partial charge in [0.2, 0.25) is 0 Å². The number of rotatable bonds is 2. The molecule has 3 nitrogen and oxygen atoms in total. The van der Waals surface area contributed by atoms with Crippen molar-refractivity contribution >= 4 is 16.8 Å². The Kier molecular flexibility index (Phi) is 2.69. The SMILES string of the molecule is CC(C)N(C)C(=O)c1ccc2cc[nH]c2c1. The Morgan fingerprint density at radius 3 is 2.75 bits per heavy atom. The van der Waals surface area contributed by atoms with Crippen molar-refractivity contribution < 1.29 is 4.79 Å². The van der Waals surface area contributed by atoms with Gasteiger partial charge in [-0.15, -0.1) is 0 Å². The zero-order chi connectivity index (χ0) is 11.7. The lowest BCUT2D eigenvalue weighted by atomic mass is 10.1. The first kappa shape index (κ1) is 10.7. The number of aromatic amines is 1. The van der Waals surface area contributed by atoms with Crippen LogP contribution in [0, 0.1) is 0 Å². The molecular formula is C13H16N2O. The lowest BCUT2D eigenvalue weighted by Gasteiger charge is -2.21. The van der Waals surface area contributed by atoms with Crippen LogP contribution in [0.3, 0.4) is 0 Å². The van der Waals surface area contributed by atoms with Crippen LogP contribution < -0.4 is 0 Å². The molecule has 1 aromatic heterocycles. The van der Waals surface area contributed by atoms with E-state index in [9.17, 15) is 4.79 Å². The van der Waals surface area contributed by atoms with Crippen LogP contribution in [0.5, 0.6) is 0 Å². The Morgan fingerprint density at radius 1 is 1.31 bits per heavy atom. The van der Waals surface area contributed by atoms with Gasteiger partial charge in [-0.05, 0) is 37.4 Å². The average molecular weight is 216 g/mol. The fourth-order valence-corrected chi connectivity index (χ4v) is 1.62. The van der Waals surface area contributed by atoms with Crippen molar-refractivity contribution in [1.29, 1.82) is 0 Å². The second-order valence-corrected chi connectivity index (χ2v) is 4.29. The van der Waals surface area contributed by atoms with Gasteiger partial charge in [0, 0.05) is 30.4 Å². The normalized spacial score (nSPS) is 11.0. The first-order valence-electron chi connectivity index (χ1n) is 5.44. The molecule has 16 heavy (non-hydrogen) atoms. The summed E-state index contributed by atoms with van der Waals surface area (Å²) in [7, 11) is 1.83. The summed E-state index contributed by atoms with van der Waals surface area (Å²) in [6, 6.07) is 7.95. The minimum Gasteiger partial charge on any atom is -0.361 e. The minimum atomic E-state index is 0.0616. The van der Waals surface area contributed by atoms with Crippen molar-refractivity contribution in [3.8, 4) is 0 Å². The van der Waals surface area contributed by atoms with Crippen LogP contribution in [0.1, 0.15) is 24.2 Å². The third-order valence-electron chi connectivity index (χ3n) is 2.90. The maximum Gasteiger partial charge on any atom is 0.253 e. The van der Waals surface area contributed by atoms with Gasteiger partial charge < -0.3 is 9.88 Å². The Labute approximate surface area is 95.1 Å². The largest absolute Gasteiger partial charge is 0.361 e. The first-order valence-corrected chi connectivity index (χ1v) is 5.44. The molecule has 0 aliphatic carbocycles. The predicted molar refractivity (Wildman–Crippen MR) is 65.5 cm³/mol. The third kappa shape index (κ3) is 1.81. The molecule has 0 bridgehead atoms. The van der Waals surface area contributed by atoms with E-state index >= 15 is 0 Å². The molecule has 0 spiro atoms. The number of nitrogens with one attached hydrogen (secondary N) is 1. The molecule has 1 aromatic carbocycles. The third-order valence-corrected chi connectivity index (χ3v) is 2.90. The van der Waals surface area contributed by atoms with Crippen LogP contribution in [0.25, 0.3) is 10.9 Å². The Balaban J connectivity index is 2.36. The van der Waals surface area contributed by atoms with E-state index in [2.05, 4.69) is 4.98 Å². The number of hydrogen-bond acceptors (Lipinski definition) is 1. The van der Waals surface area contributed by atoms with Crippen molar-refractivity contribution in [2.45, 2.75) is 19.9 Å². The highest BCUT2D eigenvalue weighted by atomic mass is 16.2. The summed E-state index contributed by atoms with van der Waals surface area (Å²) in [6.07, 6.45) is 1.88. The molecule has 0 saturated carbocycles. The molecule has 3 heteroatoms. The fraction of sp³-hybridized carbons (Fsp3) is 0.308. The highest BCUT2D eigenvalue weighted by Crippen LogP contribution is 2.15. The molecule has 0 fully saturated rings. The first-order chi connectivity index (χ1) is 7.59. The van der Waals surface area contributed by atoms with Crippen molar-refractivity contribution in [2.24, 2.45) is 0 Å². The Morgan fingerprint density at radius 2 is 2.06 bits per heavy atom. The van der Waals surface area contributed by atoms with E-state index in [1.807, 2.05) is 51.4 Å². The Hall–Kier alpha value is -1.77. The van der Waals surface area contributed by atoms with Gasteiger partial charge in [0.1, 0.15) is 0 Å². The van der Waals surface area contributed by atoms with E-state index in [-0.39, 0.29) is 11.9 Å². The molecule has 1 N–H and O–H groups in total. The molecule has 0 aliphatic rings. The molecule has 2 rings (SSSR count). The van der Waals surface area contributed by atoms with Crippen LogP contribution in [0.2, 0.25) is 0 Å². The quantitative estimate of drug-likeness (QED) is 0.823. The molecule has 0 atom stereocenters. The Bertz CT molecular complexity index is 513. The second-order valence-electron chi connectivity index (χ2n) is 4.29. The van der Waals surface area contributed by atoms with Gasteiger partial charge in [-0.2, -0.15) is 0 Å². The van der Waals surface area contributed by atoms with Gasteiger partial charge >= 0.3 is 0 Å². The topological polar surface area (TPSA) is 36.1 Å². The van der Waals surface area contributed by atoms with Crippen molar-refractivity contribution in [3.63, 3.8) is 0 Å². The number of carbonyl (C=O) groups excluding carboxylic acids is 1. The minimum absolute atomic E-state index is 0.0616. The van der Waals surface area contributed by atoms with Gasteiger partial charge in [-0.3, -0.25) is 4.79 Å². The summed E-state index contributed by atoms with van der Waals surface area (Å²) in [6.45, 7) is 4.01. The molecule has 1 amide bonds. The number of nitrogens with zero attached hydrogens (tertiary/aromatic N) is 1.